The van der Waals surface area contributed by atoms with Crippen molar-refractivity contribution in [3.63, 3.8) is 0 Å². The number of nitrogens with zero attached hydrogens (tertiary/aromatic N) is 1. The van der Waals surface area contributed by atoms with Gasteiger partial charge in [-0.1, -0.05) is 27.2 Å². The molecule has 1 rings (SSSR count). The van der Waals surface area contributed by atoms with E-state index in [-0.39, 0.29) is 0 Å². The van der Waals surface area contributed by atoms with Crippen LogP contribution in [0, 0.1) is 11.8 Å². The predicted molar refractivity (Wildman–Crippen MR) is 85.6 cm³/mol. The molecular weight excluding hydrogens is 232 g/mol. The Labute approximate surface area is 121 Å². The van der Waals surface area contributed by atoms with Gasteiger partial charge in [-0.15, -0.1) is 0 Å². The van der Waals surface area contributed by atoms with Crippen molar-refractivity contribution in [3.05, 3.63) is 0 Å². The minimum Gasteiger partial charge on any atom is -0.315 e. The topological polar surface area (TPSA) is 15.3 Å². The Kier molecular flexibility index (Phi) is 8.01. The molecule has 0 aliphatic heterocycles. The molecule has 0 aromatic heterocycles. The van der Waals surface area contributed by atoms with Crippen molar-refractivity contribution in [2.75, 3.05) is 20.1 Å². The van der Waals surface area contributed by atoms with Crippen LogP contribution in [0.3, 0.4) is 0 Å². The Hall–Kier alpha value is -0.0800. The first-order valence-electron chi connectivity index (χ1n) is 8.47. The van der Waals surface area contributed by atoms with Crippen LogP contribution in [0.25, 0.3) is 0 Å². The molecule has 1 N–H and O–H groups in total. The van der Waals surface area contributed by atoms with Crippen LogP contribution in [0.15, 0.2) is 0 Å². The summed E-state index contributed by atoms with van der Waals surface area (Å²) >= 11 is 0. The minimum absolute atomic E-state index is 0.662. The molecule has 0 amide bonds. The Bertz CT molecular complexity index is 219. The Morgan fingerprint density at radius 1 is 1.11 bits per heavy atom. The molecule has 0 saturated heterocycles. The van der Waals surface area contributed by atoms with E-state index >= 15 is 0 Å². The first-order valence-corrected chi connectivity index (χ1v) is 8.47. The third-order valence-corrected chi connectivity index (χ3v) is 5.00. The van der Waals surface area contributed by atoms with Gasteiger partial charge in [0.15, 0.2) is 0 Å². The normalized spacial score (nSPS) is 26.1. The number of likely N-dealkylation sites (N-methyl/N-ethyl adjacent to an activating group) is 1. The van der Waals surface area contributed by atoms with E-state index in [0.29, 0.717) is 6.04 Å². The molecule has 114 valence electrons. The Morgan fingerprint density at radius 2 is 1.74 bits per heavy atom. The van der Waals surface area contributed by atoms with Crippen LogP contribution < -0.4 is 5.32 Å². The zero-order chi connectivity index (χ0) is 14.3. The van der Waals surface area contributed by atoms with E-state index in [2.05, 4.69) is 45.0 Å². The molecule has 0 bridgehead atoms. The maximum absolute atomic E-state index is 3.61. The van der Waals surface area contributed by atoms with Gasteiger partial charge >= 0.3 is 0 Å². The minimum atomic E-state index is 0.662. The van der Waals surface area contributed by atoms with E-state index in [9.17, 15) is 0 Å². The van der Waals surface area contributed by atoms with E-state index in [1.54, 1.807) is 0 Å². The van der Waals surface area contributed by atoms with Gasteiger partial charge in [-0.2, -0.15) is 0 Å². The molecule has 1 saturated carbocycles. The lowest BCUT2D eigenvalue weighted by molar-refractivity contribution is 0.125. The van der Waals surface area contributed by atoms with Crippen LogP contribution in [0.1, 0.15) is 66.2 Å². The van der Waals surface area contributed by atoms with Gasteiger partial charge < -0.3 is 5.32 Å². The van der Waals surface area contributed by atoms with Gasteiger partial charge in [-0.05, 0) is 64.5 Å². The van der Waals surface area contributed by atoms with E-state index in [4.69, 9.17) is 0 Å². The highest BCUT2D eigenvalue weighted by Gasteiger charge is 2.25. The summed E-state index contributed by atoms with van der Waals surface area (Å²) in [4.78, 5) is 2.62. The summed E-state index contributed by atoms with van der Waals surface area (Å²) in [6.07, 6.45) is 8.37. The van der Waals surface area contributed by atoms with Gasteiger partial charge in [0.25, 0.3) is 0 Å². The second kappa shape index (κ2) is 8.97. The lowest BCUT2D eigenvalue weighted by Crippen LogP contribution is -2.45. The molecule has 0 aromatic rings. The molecular formula is C17H36N2. The van der Waals surface area contributed by atoms with Gasteiger partial charge in [-0.25, -0.2) is 0 Å². The number of hydrogen-bond donors (Lipinski definition) is 1. The lowest BCUT2D eigenvalue weighted by Gasteiger charge is -2.38. The average Bonchev–Trinajstić information content (AvgIpc) is 2.42. The highest BCUT2D eigenvalue weighted by molar-refractivity contribution is 4.81. The van der Waals surface area contributed by atoms with E-state index in [1.165, 1.54) is 45.1 Å². The van der Waals surface area contributed by atoms with Crippen molar-refractivity contribution in [3.8, 4) is 0 Å². The van der Waals surface area contributed by atoms with Gasteiger partial charge in [0.05, 0.1) is 0 Å². The maximum atomic E-state index is 3.61. The fourth-order valence-electron chi connectivity index (χ4n) is 3.17. The van der Waals surface area contributed by atoms with Gasteiger partial charge in [0.1, 0.15) is 0 Å². The van der Waals surface area contributed by atoms with E-state index in [0.717, 1.165) is 24.4 Å². The summed E-state index contributed by atoms with van der Waals surface area (Å²) in [7, 11) is 2.33. The number of rotatable bonds is 8. The number of nitrogens with one attached hydrogen (secondary N) is 1. The molecule has 19 heavy (non-hydrogen) atoms. The summed E-state index contributed by atoms with van der Waals surface area (Å²) in [5.41, 5.74) is 0. The quantitative estimate of drug-likeness (QED) is 0.671. The van der Waals surface area contributed by atoms with Crippen LogP contribution in [0.5, 0.6) is 0 Å². The monoisotopic (exact) mass is 268 g/mol. The summed E-state index contributed by atoms with van der Waals surface area (Å²) in [6, 6.07) is 1.49. The average molecular weight is 268 g/mol. The van der Waals surface area contributed by atoms with Crippen molar-refractivity contribution in [1.82, 2.24) is 10.2 Å². The summed E-state index contributed by atoms with van der Waals surface area (Å²) in [5.74, 6) is 1.81. The molecule has 0 spiro atoms. The molecule has 0 heterocycles. The third-order valence-electron chi connectivity index (χ3n) is 5.00. The fraction of sp³-hybridized carbons (Fsp3) is 1.00. The van der Waals surface area contributed by atoms with E-state index < -0.39 is 0 Å². The molecule has 0 aromatic carbocycles. The molecule has 1 aliphatic rings. The molecule has 1 unspecified atom stereocenters. The van der Waals surface area contributed by atoms with Crippen LogP contribution in [-0.2, 0) is 0 Å². The molecule has 1 atom stereocenters. The standard InChI is InChI=1S/C17H36N2/c1-6-16-7-9-17(10-8-16)19(5)15(4)13-18-12-11-14(2)3/h14-18H,6-13H2,1-5H3. The van der Waals surface area contributed by atoms with Gasteiger partial charge in [0, 0.05) is 18.6 Å². The van der Waals surface area contributed by atoms with E-state index in [1.807, 2.05) is 0 Å². The second-order valence-electron chi connectivity index (χ2n) is 6.98. The van der Waals surface area contributed by atoms with Gasteiger partial charge in [0.2, 0.25) is 0 Å². The summed E-state index contributed by atoms with van der Waals surface area (Å²) in [6.45, 7) is 11.6. The lowest BCUT2D eigenvalue weighted by atomic mass is 9.84. The third kappa shape index (κ3) is 6.27. The Morgan fingerprint density at radius 3 is 2.26 bits per heavy atom. The smallest absolute Gasteiger partial charge is 0.0192 e. The van der Waals surface area contributed by atoms with Gasteiger partial charge in [-0.3, -0.25) is 4.90 Å². The highest BCUT2D eigenvalue weighted by Crippen LogP contribution is 2.29. The first-order chi connectivity index (χ1) is 9.04. The maximum Gasteiger partial charge on any atom is 0.0192 e. The first kappa shape index (κ1) is 17.0. The molecule has 1 aliphatic carbocycles. The zero-order valence-corrected chi connectivity index (χ0v) is 13.9. The SMILES string of the molecule is CCC1CCC(N(C)C(C)CNCCC(C)C)CC1. The highest BCUT2D eigenvalue weighted by atomic mass is 15.2. The predicted octanol–water partition coefficient (Wildman–Crippen LogP) is 3.91. The van der Waals surface area contributed by atoms with Crippen LogP contribution in [0.4, 0.5) is 0 Å². The molecule has 0 radical (unpaired) electrons. The summed E-state index contributed by atoms with van der Waals surface area (Å²) < 4.78 is 0. The van der Waals surface area contributed by atoms with Crippen LogP contribution in [-0.4, -0.2) is 37.1 Å². The van der Waals surface area contributed by atoms with Crippen molar-refractivity contribution >= 4 is 0 Å². The summed E-state index contributed by atoms with van der Waals surface area (Å²) in [5, 5.41) is 3.61. The van der Waals surface area contributed by atoms with Crippen molar-refractivity contribution in [2.45, 2.75) is 78.3 Å². The largest absolute Gasteiger partial charge is 0.315 e. The zero-order valence-electron chi connectivity index (χ0n) is 13.9. The van der Waals surface area contributed by atoms with Crippen molar-refractivity contribution < 1.29 is 0 Å². The van der Waals surface area contributed by atoms with Crippen LogP contribution >= 0.6 is 0 Å². The molecule has 2 nitrogen and oxygen atoms in total. The second-order valence-corrected chi connectivity index (χ2v) is 6.98. The Balaban J connectivity index is 2.19. The molecule has 1 fully saturated rings. The number of hydrogen-bond acceptors (Lipinski definition) is 2. The van der Waals surface area contributed by atoms with Crippen molar-refractivity contribution in [1.29, 1.82) is 0 Å². The van der Waals surface area contributed by atoms with Crippen molar-refractivity contribution in [2.24, 2.45) is 11.8 Å². The fourth-order valence-corrected chi connectivity index (χ4v) is 3.17. The molecule has 2 heteroatoms. The van der Waals surface area contributed by atoms with Crippen LogP contribution in [0.2, 0.25) is 0 Å².